The van der Waals surface area contributed by atoms with Crippen molar-refractivity contribution >= 4 is 5.78 Å². The summed E-state index contributed by atoms with van der Waals surface area (Å²) in [6.07, 6.45) is -5.21. The van der Waals surface area contributed by atoms with Gasteiger partial charge < -0.3 is 4.74 Å². The van der Waals surface area contributed by atoms with Crippen LogP contribution in [0.5, 0.6) is 5.75 Å². The number of aryl methyl sites for hydroxylation is 1. The van der Waals surface area contributed by atoms with E-state index < -0.39 is 18.4 Å². The van der Waals surface area contributed by atoms with Crippen LogP contribution in [0.1, 0.15) is 32.8 Å². The van der Waals surface area contributed by atoms with E-state index in [1.54, 1.807) is 24.3 Å². The highest BCUT2D eigenvalue weighted by atomic mass is 19.4. The molecule has 0 aliphatic carbocycles. The molecule has 0 heterocycles. The minimum atomic E-state index is -4.75. The minimum Gasteiger partial charge on any atom is -0.462 e. The Morgan fingerprint density at radius 2 is 1.65 bits per heavy atom. The summed E-state index contributed by atoms with van der Waals surface area (Å²) in [5.41, 5.74) is 1.72. The van der Waals surface area contributed by atoms with Gasteiger partial charge in [-0.15, -0.1) is 0 Å². The van der Waals surface area contributed by atoms with E-state index in [2.05, 4.69) is 0 Å². The first-order valence-electron chi connectivity index (χ1n) is 6.21. The number of benzene rings is 1. The Hall–Kier alpha value is -1.78. The lowest BCUT2D eigenvalue weighted by atomic mass is 10.1. The zero-order valence-corrected chi connectivity index (χ0v) is 11.7. The normalized spacial score (nSPS) is 11.1. The predicted octanol–water partition coefficient (Wildman–Crippen LogP) is 4.44. The van der Waals surface area contributed by atoms with Gasteiger partial charge in [0, 0.05) is 6.42 Å². The molecule has 0 saturated carbocycles. The lowest BCUT2D eigenvalue weighted by Crippen LogP contribution is -2.22. The van der Waals surface area contributed by atoms with Gasteiger partial charge in [0.25, 0.3) is 0 Å². The molecule has 20 heavy (non-hydrogen) atoms. The maximum atomic E-state index is 12.1. The number of carbonyl (C=O) groups is 1. The fraction of sp³-hybridized carbons (Fsp3) is 0.400. The Morgan fingerprint density at radius 3 is 2.10 bits per heavy atom. The number of alkyl halides is 3. The quantitative estimate of drug-likeness (QED) is 0.748. The van der Waals surface area contributed by atoms with Gasteiger partial charge in [-0.1, -0.05) is 12.1 Å². The van der Waals surface area contributed by atoms with Crippen LogP contribution in [-0.4, -0.2) is 12.0 Å². The SMILES string of the molecule is CC(C)=C(C)Oc1ccc(CCC(=O)C(F)(F)F)cc1. The Bertz CT molecular complexity index is 495. The largest absolute Gasteiger partial charge is 0.462 e. The summed E-state index contributed by atoms with van der Waals surface area (Å²) >= 11 is 0. The molecule has 1 rings (SSSR count). The van der Waals surface area contributed by atoms with Gasteiger partial charge in [-0.2, -0.15) is 13.2 Å². The van der Waals surface area contributed by atoms with Crippen LogP contribution in [0.3, 0.4) is 0 Å². The molecule has 0 radical (unpaired) electrons. The van der Waals surface area contributed by atoms with Crippen molar-refractivity contribution in [1.82, 2.24) is 0 Å². The highest BCUT2D eigenvalue weighted by molar-refractivity contribution is 5.84. The number of rotatable bonds is 5. The summed E-state index contributed by atoms with van der Waals surface area (Å²) in [6, 6.07) is 6.69. The van der Waals surface area contributed by atoms with Crippen LogP contribution in [-0.2, 0) is 11.2 Å². The van der Waals surface area contributed by atoms with Crippen molar-refractivity contribution < 1.29 is 22.7 Å². The maximum absolute atomic E-state index is 12.1. The standard InChI is InChI=1S/C15H17F3O2/c1-10(2)11(3)20-13-7-4-12(5-8-13)6-9-14(19)15(16,17)18/h4-5,7-8H,6,9H2,1-3H3. The molecule has 0 atom stereocenters. The molecule has 1 aromatic rings. The number of Topliss-reactive ketones (excluding diaryl/α,β-unsaturated/α-hetero) is 1. The van der Waals surface area contributed by atoms with Gasteiger partial charge in [0.15, 0.2) is 0 Å². The lowest BCUT2D eigenvalue weighted by molar-refractivity contribution is -0.171. The molecule has 5 heteroatoms. The van der Waals surface area contributed by atoms with Gasteiger partial charge in [0.1, 0.15) is 5.75 Å². The second-order valence-corrected chi connectivity index (χ2v) is 4.72. The second kappa shape index (κ2) is 6.59. The van der Waals surface area contributed by atoms with E-state index in [4.69, 9.17) is 4.74 Å². The van der Waals surface area contributed by atoms with E-state index in [0.29, 0.717) is 11.3 Å². The molecule has 1 aromatic carbocycles. The molecule has 0 bridgehead atoms. The molecule has 0 amide bonds. The molecule has 0 N–H and O–H groups in total. The lowest BCUT2D eigenvalue weighted by Gasteiger charge is -2.09. The van der Waals surface area contributed by atoms with Gasteiger partial charge in [0.2, 0.25) is 5.78 Å². The number of ether oxygens (including phenoxy) is 1. The van der Waals surface area contributed by atoms with Crippen molar-refractivity contribution in [3.63, 3.8) is 0 Å². The Balaban J connectivity index is 2.60. The number of ketones is 1. The van der Waals surface area contributed by atoms with E-state index in [1.807, 2.05) is 20.8 Å². The minimum absolute atomic E-state index is 0.0697. The number of hydrogen-bond acceptors (Lipinski definition) is 2. The topological polar surface area (TPSA) is 26.3 Å². The Labute approximate surface area is 116 Å². The summed E-state index contributed by atoms with van der Waals surface area (Å²) in [5.74, 6) is -0.294. The highest BCUT2D eigenvalue weighted by Crippen LogP contribution is 2.21. The highest BCUT2D eigenvalue weighted by Gasteiger charge is 2.37. The summed E-state index contributed by atoms with van der Waals surface area (Å²) < 4.78 is 41.7. The van der Waals surface area contributed by atoms with Gasteiger partial charge in [-0.25, -0.2) is 0 Å². The van der Waals surface area contributed by atoms with Crippen molar-refractivity contribution in [2.24, 2.45) is 0 Å². The molecule has 0 aromatic heterocycles. The van der Waals surface area contributed by atoms with E-state index in [1.165, 1.54) is 0 Å². The van der Waals surface area contributed by atoms with Gasteiger partial charge >= 0.3 is 6.18 Å². The third-order valence-electron chi connectivity index (χ3n) is 2.86. The predicted molar refractivity (Wildman–Crippen MR) is 70.5 cm³/mol. The van der Waals surface area contributed by atoms with Crippen molar-refractivity contribution in [3.8, 4) is 5.75 Å². The molecule has 0 saturated heterocycles. The van der Waals surface area contributed by atoms with Crippen LogP contribution in [0.4, 0.5) is 13.2 Å². The molecular weight excluding hydrogens is 269 g/mol. The summed E-state index contributed by atoms with van der Waals surface area (Å²) in [5, 5.41) is 0. The second-order valence-electron chi connectivity index (χ2n) is 4.72. The smallest absolute Gasteiger partial charge is 0.449 e. The molecule has 0 spiro atoms. The van der Waals surface area contributed by atoms with Gasteiger partial charge in [-0.05, 0) is 50.5 Å². The van der Waals surface area contributed by atoms with Crippen LogP contribution < -0.4 is 4.74 Å². The first-order valence-corrected chi connectivity index (χ1v) is 6.21. The molecule has 0 fully saturated rings. The molecule has 0 unspecified atom stereocenters. The molecule has 2 nitrogen and oxygen atoms in total. The van der Waals surface area contributed by atoms with Crippen LogP contribution in [0.15, 0.2) is 35.6 Å². The van der Waals surface area contributed by atoms with E-state index in [0.717, 1.165) is 11.3 Å². The monoisotopic (exact) mass is 286 g/mol. The Kier molecular flexibility index (Phi) is 5.36. The third-order valence-corrected chi connectivity index (χ3v) is 2.86. The first kappa shape index (κ1) is 16.3. The number of allylic oxidation sites excluding steroid dienone is 2. The molecule has 110 valence electrons. The van der Waals surface area contributed by atoms with Gasteiger partial charge in [0.05, 0.1) is 5.76 Å². The van der Waals surface area contributed by atoms with Crippen LogP contribution in [0.2, 0.25) is 0 Å². The molecule has 0 aliphatic rings. The average molecular weight is 286 g/mol. The van der Waals surface area contributed by atoms with Crippen LogP contribution in [0.25, 0.3) is 0 Å². The van der Waals surface area contributed by atoms with E-state index >= 15 is 0 Å². The number of carbonyl (C=O) groups excluding carboxylic acids is 1. The van der Waals surface area contributed by atoms with Crippen molar-refractivity contribution in [3.05, 3.63) is 41.2 Å². The molecule has 0 aliphatic heterocycles. The fourth-order valence-electron chi connectivity index (χ4n) is 1.40. The van der Waals surface area contributed by atoms with Crippen molar-refractivity contribution in [2.45, 2.75) is 39.8 Å². The zero-order chi connectivity index (χ0) is 15.3. The van der Waals surface area contributed by atoms with Crippen molar-refractivity contribution in [2.75, 3.05) is 0 Å². The Morgan fingerprint density at radius 1 is 1.10 bits per heavy atom. The maximum Gasteiger partial charge on any atom is 0.449 e. The van der Waals surface area contributed by atoms with E-state index in [-0.39, 0.29) is 6.42 Å². The van der Waals surface area contributed by atoms with Gasteiger partial charge in [-0.3, -0.25) is 4.79 Å². The van der Waals surface area contributed by atoms with Crippen LogP contribution >= 0.6 is 0 Å². The van der Waals surface area contributed by atoms with E-state index in [9.17, 15) is 18.0 Å². The van der Waals surface area contributed by atoms with Crippen LogP contribution in [0, 0.1) is 0 Å². The number of hydrogen-bond donors (Lipinski definition) is 0. The van der Waals surface area contributed by atoms with Crippen molar-refractivity contribution in [1.29, 1.82) is 0 Å². The summed E-state index contributed by atoms with van der Waals surface area (Å²) in [4.78, 5) is 10.8. The summed E-state index contributed by atoms with van der Waals surface area (Å²) in [6.45, 7) is 5.68. The molecular formula is C15H17F3O2. The average Bonchev–Trinajstić information content (AvgIpc) is 2.36. The third kappa shape index (κ3) is 5.07. The first-order chi connectivity index (χ1) is 9.20. The fourth-order valence-corrected chi connectivity index (χ4v) is 1.40. The number of halogens is 3. The zero-order valence-electron chi connectivity index (χ0n) is 11.7. The summed E-state index contributed by atoms with van der Waals surface area (Å²) in [7, 11) is 0.